The highest BCUT2D eigenvalue weighted by molar-refractivity contribution is 5.76. The number of nitrogens with zero attached hydrogens (tertiary/aromatic N) is 1. The predicted molar refractivity (Wildman–Crippen MR) is 97.1 cm³/mol. The SMILES string of the molecule is Cc1cccc(-c2cccc(F)c2OCCC(=O)N2CCCCC2)c1. The molecule has 3 nitrogen and oxygen atoms in total. The minimum atomic E-state index is -0.399. The van der Waals surface area contributed by atoms with Gasteiger partial charge in [0.1, 0.15) is 0 Å². The number of rotatable bonds is 5. The Morgan fingerprint density at radius 2 is 1.88 bits per heavy atom. The molecule has 4 heteroatoms. The monoisotopic (exact) mass is 341 g/mol. The molecule has 0 radical (unpaired) electrons. The van der Waals surface area contributed by atoms with Gasteiger partial charge in [0.25, 0.3) is 0 Å². The summed E-state index contributed by atoms with van der Waals surface area (Å²) in [6, 6.07) is 12.8. The van der Waals surface area contributed by atoms with Gasteiger partial charge < -0.3 is 9.64 Å². The second-order valence-corrected chi connectivity index (χ2v) is 6.53. The lowest BCUT2D eigenvalue weighted by molar-refractivity contribution is -0.132. The van der Waals surface area contributed by atoms with Crippen molar-refractivity contribution in [2.24, 2.45) is 0 Å². The Morgan fingerprint density at radius 3 is 2.64 bits per heavy atom. The number of amides is 1. The summed E-state index contributed by atoms with van der Waals surface area (Å²) < 4.78 is 20.0. The van der Waals surface area contributed by atoms with E-state index in [1.54, 1.807) is 6.07 Å². The van der Waals surface area contributed by atoms with Gasteiger partial charge in [0, 0.05) is 18.7 Å². The maximum Gasteiger partial charge on any atom is 0.225 e. The fourth-order valence-electron chi connectivity index (χ4n) is 3.24. The summed E-state index contributed by atoms with van der Waals surface area (Å²) in [4.78, 5) is 14.1. The van der Waals surface area contributed by atoms with Crippen molar-refractivity contribution in [2.75, 3.05) is 19.7 Å². The summed E-state index contributed by atoms with van der Waals surface area (Å²) in [5.74, 6) is -0.0860. The molecule has 0 bridgehead atoms. The van der Waals surface area contributed by atoms with E-state index in [0.29, 0.717) is 5.56 Å². The first-order valence-corrected chi connectivity index (χ1v) is 8.91. The lowest BCUT2D eigenvalue weighted by atomic mass is 10.0. The van der Waals surface area contributed by atoms with Crippen molar-refractivity contribution < 1.29 is 13.9 Å². The van der Waals surface area contributed by atoms with Gasteiger partial charge in [0.15, 0.2) is 11.6 Å². The van der Waals surface area contributed by atoms with Crippen LogP contribution in [0.3, 0.4) is 0 Å². The number of piperidine rings is 1. The molecule has 0 N–H and O–H groups in total. The quantitative estimate of drug-likeness (QED) is 0.796. The minimum absolute atomic E-state index is 0.0909. The number of carbonyl (C=O) groups is 1. The second-order valence-electron chi connectivity index (χ2n) is 6.53. The van der Waals surface area contributed by atoms with Crippen LogP contribution >= 0.6 is 0 Å². The number of halogens is 1. The molecule has 3 rings (SSSR count). The largest absolute Gasteiger partial charge is 0.489 e. The van der Waals surface area contributed by atoms with Crippen molar-refractivity contribution in [3.05, 3.63) is 53.8 Å². The molecule has 0 unspecified atom stereocenters. The van der Waals surface area contributed by atoms with Crippen molar-refractivity contribution in [3.8, 4) is 16.9 Å². The number of hydrogen-bond donors (Lipinski definition) is 0. The smallest absolute Gasteiger partial charge is 0.225 e. The Kier molecular flexibility index (Phi) is 5.69. The first kappa shape index (κ1) is 17.5. The Morgan fingerprint density at radius 1 is 1.12 bits per heavy atom. The van der Waals surface area contributed by atoms with Crippen LogP contribution in [-0.2, 0) is 4.79 Å². The van der Waals surface area contributed by atoms with Gasteiger partial charge in [-0.2, -0.15) is 0 Å². The van der Waals surface area contributed by atoms with Crippen LogP contribution in [0.2, 0.25) is 0 Å². The zero-order chi connectivity index (χ0) is 17.6. The maximum atomic E-state index is 14.3. The number of likely N-dealkylation sites (tertiary alicyclic amines) is 1. The van der Waals surface area contributed by atoms with E-state index in [1.807, 2.05) is 42.2 Å². The molecule has 2 aromatic rings. The molecular formula is C21H24FNO2. The molecule has 132 valence electrons. The number of para-hydroxylation sites is 1. The molecule has 1 saturated heterocycles. The van der Waals surface area contributed by atoms with E-state index < -0.39 is 5.82 Å². The van der Waals surface area contributed by atoms with Crippen molar-refractivity contribution in [1.29, 1.82) is 0 Å². The van der Waals surface area contributed by atoms with E-state index in [-0.39, 0.29) is 24.7 Å². The van der Waals surface area contributed by atoms with Crippen LogP contribution in [0.4, 0.5) is 4.39 Å². The first-order valence-electron chi connectivity index (χ1n) is 8.91. The summed E-state index contributed by atoms with van der Waals surface area (Å²) in [6.45, 7) is 3.84. The molecule has 0 aromatic heterocycles. The van der Waals surface area contributed by atoms with Gasteiger partial charge in [-0.15, -0.1) is 0 Å². The van der Waals surface area contributed by atoms with Gasteiger partial charge in [0.2, 0.25) is 5.91 Å². The van der Waals surface area contributed by atoms with E-state index >= 15 is 0 Å². The highest BCUT2D eigenvalue weighted by atomic mass is 19.1. The number of benzene rings is 2. The minimum Gasteiger partial charge on any atom is -0.489 e. The van der Waals surface area contributed by atoms with Crippen molar-refractivity contribution >= 4 is 5.91 Å². The third kappa shape index (κ3) is 4.38. The molecule has 1 fully saturated rings. The molecule has 0 aliphatic carbocycles. The van der Waals surface area contributed by atoms with Gasteiger partial charge in [-0.25, -0.2) is 4.39 Å². The van der Waals surface area contributed by atoms with Crippen LogP contribution in [0, 0.1) is 12.7 Å². The number of aryl methyl sites for hydroxylation is 1. The predicted octanol–water partition coefficient (Wildman–Crippen LogP) is 4.58. The number of ether oxygens (including phenoxy) is 1. The summed E-state index contributed by atoms with van der Waals surface area (Å²) in [6.07, 6.45) is 3.60. The molecule has 0 spiro atoms. The first-order chi connectivity index (χ1) is 12.1. The number of carbonyl (C=O) groups excluding carboxylic acids is 1. The molecule has 25 heavy (non-hydrogen) atoms. The van der Waals surface area contributed by atoms with E-state index in [1.165, 1.54) is 12.5 Å². The van der Waals surface area contributed by atoms with Crippen LogP contribution in [-0.4, -0.2) is 30.5 Å². The van der Waals surface area contributed by atoms with E-state index in [9.17, 15) is 9.18 Å². The fourth-order valence-corrected chi connectivity index (χ4v) is 3.24. The van der Waals surface area contributed by atoms with Crippen LogP contribution in [0.15, 0.2) is 42.5 Å². The van der Waals surface area contributed by atoms with E-state index in [2.05, 4.69) is 0 Å². The molecule has 1 amide bonds. The molecular weight excluding hydrogens is 317 g/mol. The fraction of sp³-hybridized carbons (Fsp3) is 0.381. The third-order valence-electron chi connectivity index (χ3n) is 4.57. The Balaban J connectivity index is 1.69. The van der Waals surface area contributed by atoms with Gasteiger partial charge in [-0.1, -0.05) is 42.0 Å². The summed E-state index contributed by atoms with van der Waals surface area (Å²) >= 11 is 0. The Hall–Kier alpha value is -2.36. The van der Waals surface area contributed by atoms with Gasteiger partial charge in [0.05, 0.1) is 13.0 Å². The molecule has 0 saturated carbocycles. The Bertz CT molecular complexity index is 738. The molecule has 1 aliphatic rings. The van der Waals surface area contributed by atoms with Crippen LogP contribution in [0.1, 0.15) is 31.2 Å². The lowest BCUT2D eigenvalue weighted by Gasteiger charge is -2.26. The average Bonchev–Trinajstić information content (AvgIpc) is 2.63. The average molecular weight is 341 g/mol. The second kappa shape index (κ2) is 8.15. The topological polar surface area (TPSA) is 29.5 Å². The number of hydrogen-bond acceptors (Lipinski definition) is 2. The molecule has 2 aromatic carbocycles. The summed E-state index contributed by atoms with van der Waals surface area (Å²) in [7, 11) is 0. The zero-order valence-corrected chi connectivity index (χ0v) is 14.6. The molecule has 1 aliphatic heterocycles. The highest BCUT2D eigenvalue weighted by Crippen LogP contribution is 2.33. The molecule has 0 atom stereocenters. The summed E-state index contributed by atoms with van der Waals surface area (Å²) in [5, 5.41) is 0. The van der Waals surface area contributed by atoms with Crippen LogP contribution in [0.25, 0.3) is 11.1 Å². The standard InChI is InChI=1S/C21H24FNO2/c1-16-7-5-8-17(15-16)18-9-6-10-19(22)21(18)25-14-11-20(24)23-12-3-2-4-13-23/h5-10,15H,2-4,11-14H2,1H3. The Labute approximate surface area is 148 Å². The van der Waals surface area contributed by atoms with Crippen LogP contribution < -0.4 is 4.74 Å². The van der Waals surface area contributed by atoms with Crippen LogP contribution in [0.5, 0.6) is 5.75 Å². The van der Waals surface area contributed by atoms with Gasteiger partial charge in [-0.05, 0) is 37.8 Å². The van der Waals surface area contributed by atoms with Gasteiger partial charge >= 0.3 is 0 Å². The van der Waals surface area contributed by atoms with Crippen molar-refractivity contribution in [3.63, 3.8) is 0 Å². The van der Waals surface area contributed by atoms with E-state index in [4.69, 9.17) is 4.74 Å². The normalized spacial score (nSPS) is 14.4. The third-order valence-corrected chi connectivity index (χ3v) is 4.57. The molecule has 1 heterocycles. The zero-order valence-electron chi connectivity index (χ0n) is 14.6. The lowest BCUT2D eigenvalue weighted by Crippen LogP contribution is -2.36. The summed E-state index contributed by atoms with van der Waals surface area (Å²) in [5.41, 5.74) is 2.74. The van der Waals surface area contributed by atoms with E-state index in [0.717, 1.165) is 37.1 Å². The van der Waals surface area contributed by atoms with Crippen molar-refractivity contribution in [2.45, 2.75) is 32.6 Å². The van der Waals surface area contributed by atoms with Crippen molar-refractivity contribution in [1.82, 2.24) is 4.90 Å². The highest BCUT2D eigenvalue weighted by Gasteiger charge is 2.17. The maximum absolute atomic E-state index is 14.3. The van der Waals surface area contributed by atoms with Gasteiger partial charge in [-0.3, -0.25) is 4.79 Å².